The van der Waals surface area contributed by atoms with E-state index >= 15 is 0 Å². The second-order valence-electron chi connectivity index (χ2n) is 4.03. The highest BCUT2D eigenvalue weighted by atomic mass is 16.5. The monoisotopic (exact) mass is 202 g/mol. The minimum absolute atomic E-state index is 0.0216. The fourth-order valence-corrected chi connectivity index (χ4v) is 2.05. The van der Waals surface area contributed by atoms with Gasteiger partial charge in [-0.3, -0.25) is 0 Å². The van der Waals surface area contributed by atoms with Crippen LogP contribution in [0.5, 0.6) is 0 Å². The Bertz CT molecular complexity index is 139. The van der Waals surface area contributed by atoms with Gasteiger partial charge in [0.15, 0.2) is 0 Å². The predicted octanol–water partition coefficient (Wildman–Crippen LogP) is 1.59. The summed E-state index contributed by atoms with van der Waals surface area (Å²) in [7, 11) is 1.67. The lowest BCUT2D eigenvalue weighted by atomic mass is 9.91. The Kier molecular flexibility index (Phi) is 5.45. The first-order valence-corrected chi connectivity index (χ1v) is 5.58. The van der Waals surface area contributed by atoms with Crippen molar-refractivity contribution in [2.24, 2.45) is 5.92 Å². The topological polar surface area (TPSA) is 38.7 Å². The van der Waals surface area contributed by atoms with Gasteiger partial charge in [-0.25, -0.2) is 0 Å². The summed E-state index contributed by atoms with van der Waals surface area (Å²) in [5.41, 5.74) is 0. The van der Waals surface area contributed by atoms with E-state index in [1.807, 2.05) is 0 Å². The Morgan fingerprint density at radius 3 is 2.86 bits per heavy atom. The summed E-state index contributed by atoms with van der Waals surface area (Å²) in [5.74, 6) is 0.264. The Labute approximate surface area is 86.4 Å². The zero-order valence-electron chi connectivity index (χ0n) is 9.24. The number of rotatable bonds is 5. The van der Waals surface area contributed by atoms with Crippen LogP contribution in [0.2, 0.25) is 0 Å². The van der Waals surface area contributed by atoms with Gasteiger partial charge in [0, 0.05) is 19.6 Å². The van der Waals surface area contributed by atoms with Crippen LogP contribution in [0.15, 0.2) is 0 Å². The molecule has 1 saturated heterocycles. The fraction of sp³-hybridized carbons (Fsp3) is 1.00. The van der Waals surface area contributed by atoms with E-state index in [0.717, 1.165) is 32.3 Å². The first-order valence-electron chi connectivity index (χ1n) is 5.58. The van der Waals surface area contributed by atoms with Crippen molar-refractivity contribution in [2.75, 3.05) is 20.3 Å². The lowest BCUT2D eigenvalue weighted by Crippen LogP contribution is -2.39. The highest BCUT2D eigenvalue weighted by Crippen LogP contribution is 2.22. The van der Waals surface area contributed by atoms with E-state index in [-0.39, 0.29) is 18.1 Å². The molecule has 1 aliphatic rings. The molecule has 0 bridgehead atoms. The molecule has 14 heavy (non-hydrogen) atoms. The van der Waals surface area contributed by atoms with Crippen LogP contribution in [-0.2, 0) is 9.47 Å². The van der Waals surface area contributed by atoms with Gasteiger partial charge in [-0.1, -0.05) is 13.3 Å². The normalized spacial score (nSPS) is 27.2. The Hall–Kier alpha value is -0.120. The van der Waals surface area contributed by atoms with Crippen LogP contribution in [0.4, 0.5) is 0 Å². The van der Waals surface area contributed by atoms with E-state index < -0.39 is 0 Å². The number of ether oxygens (including phenoxy) is 2. The molecule has 3 heteroatoms. The predicted molar refractivity (Wildman–Crippen MR) is 55.3 cm³/mol. The summed E-state index contributed by atoms with van der Waals surface area (Å²) in [5, 5.41) is 10.1. The smallest absolute Gasteiger partial charge is 0.0851 e. The number of hydrogen-bond donors (Lipinski definition) is 1. The molecule has 1 heterocycles. The van der Waals surface area contributed by atoms with Crippen molar-refractivity contribution >= 4 is 0 Å². The van der Waals surface area contributed by atoms with Crippen LogP contribution in [0.1, 0.15) is 32.6 Å². The van der Waals surface area contributed by atoms with Crippen LogP contribution in [-0.4, -0.2) is 37.6 Å². The van der Waals surface area contributed by atoms with Crippen LogP contribution < -0.4 is 0 Å². The highest BCUT2D eigenvalue weighted by molar-refractivity contribution is 4.78. The fourth-order valence-electron chi connectivity index (χ4n) is 2.05. The van der Waals surface area contributed by atoms with Crippen molar-refractivity contribution in [3.05, 3.63) is 0 Å². The maximum atomic E-state index is 10.1. The quantitative estimate of drug-likeness (QED) is 0.735. The number of hydrogen-bond acceptors (Lipinski definition) is 3. The van der Waals surface area contributed by atoms with Gasteiger partial charge in [0.2, 0.25) is 0 Å². The second kappa shape index (κ2) is 6.38. The summed E-state index contributed by atoms with van der Waals surface area (Å²) >= 11 is 0. The van der Waals surface area contributed by atoms with Crippen LogP contribution in [0.3, 0.4) is 0 Å². The molecule has 0 radical (unpaired) electrons. The summed E-state index contributed by atoms with van der Waals surface area (Å²) in [6.07, 6.45) is 3.71. The zero-order chi connectivity index (χ0) is 10.4. The van der Waals surface area contributed by atoms with Crippen LogP contribution in [0.25, 0.3) is 0 Å². The van der Waals surface area contributed by atoms with Gasteiger partial charge in [0.25, 0.3) is 0 Å². The molecule has 3 unspecified atom stereocenters. The standard InChI is InChI=1S/C11H22O3/c1-3-5-10(13-2)11(12)9-6-4-7-14-8-9/h9-12H,3-8H2,1-2H3. The second-order valence-corrected chi connectivity index (χ2v) is 4.03. The third-order valence-corrected chi connectivity index (χ3v) is 2.94. The van der Waals surface area contributed by atoms with E-state index in [1.165, 1.54) is 0 Å². The van der Waals surface area contributed by atoms with Gasteiger partial charge in [0.1, 0.15) is 0 Å². The van der Waals surface area contributed by atoms with Crippen LogP contribution >= 0.6 is 0 Å². The lowest BCUT2D eigenvalue weighted by molar-refractivity contribution is -0.0808. The van der Waals surface area contributed by atoms with Gasteiger partial charge < -0.3 is 14.6 Å². The molecule has 1 aliphatic heterocycles. The molecule has 0 aromatic heterocycles. The molecular weight excluding hydrogens is 180 g/mol. The summed E-state index contributed by atoms with van der Waals surface area (Å²) < 4.78 is 10.7. The maximum Gasteiger partial charge on any atom is 0.0851 e. The van der Waals surface area contributed by atoms with Gasteiger partial charge >= 0.3 is 0 Å². The number of methoxy groups -OCH3 is 1. The first-order chi connectivity index (χ1) is 6.79. The number of aliphatic hydroxyl groups excluding tert-OH is 1. The summed E-state index contributed by atoms with van der Waals surface area (Å²) in [6.45, 7) is 3.63. The van der Waals surface area contributed by atoms with Crippen molar-refractivity contribution in [1.82, 2.24) is 0 Å². The largest absolute Gasteiger partial charge is 0.390 e. The molecule has 0 spiro atoms. The molecule has 3 atom stereocenters. The summed E-state index contributed by atoms with van der Waals surface area (Å²) in [4.78, 5) is 0. The molecular formula is C11H22O3. The van der Waals surface area contributed by atoms with Gasteiger partial charge in [-0.2, -0.15) is 0 Å². The molecule has 84 valence electrons. The Balaban J connectivity index is 2.38. The van der Waals surface area contributed by atoms with Crippen molar-refractivity contribution < 1.29 is 14.6 Å². The van der Waals surface area contributed by atoms with Gasteiger partial charge in [-0.05, 0) is 19.3 Å². The third-order valence-electron chi connectivity index (χ3n) is 2.94. The van der Waals surface area contributed by atoms with E-state index in [2.05, 4.69) is 6.92 Å². The first kappa shape index (κ1) is 12.0. The lowest BCUT2D eigenvalue weighted by Gasteiger charge is -2.31. The van der Waals surface area contributed by atoms with Crippen LogP contribution in [0, 0.1) is 5.92 Å². The minimum Gasteiger partial charge on any atom is -0.390 e. The molecule has 1 fully saturated rings. The van der Waals surface area contributed by atoms with E-state index in [0.29, 0.717) is 6.61 Å². The van der Waals surface area contributed by atoms with E-state index in [9.17, 15) is 5.11 Å². The molecule has 0 aromatic rings. The Morgan fingerprint density at radius 1 is 1.57 bits per heavy atom. The minimum atomic E-state index is -0.361. The van der Waals surface area contributed by atoms with Crippen molar-refractivity contribution in [3.8, 4) is 0 Å². The zero-order valence-corrected chi connectivity index (χ0v) is 9.24. The van der Waals surface area contributed by atoms with E-state index in [1.54, 1.807) is 7.11 Å². The molecule has 0 amide bonds. The Morgan fingerprint density at radius 2 is 2.36 bits per heavy atom. The average molecular weight is 202 g/mol. The maximum absolute atomic E-state index is 10.1. The van der Waals surface area contributed by atoms with E-state index in [4.69, 9.17) is 9.47 Å². The molecule has 0 saturated carbocycles. The SMILES string of the molecule is CCCC(OC)C(O)C1CCCOC1. The van der Waals surface area contributed by atoms with Crippen molar-refractivity contribution in [2.45, 2.75) is 44.8 Å². The van der Waals surface area contributed by atoms with Crippen molar-refractivity contribution in [3.63, 3.8) is 0 Å². The molecule has 1 rings (SSSR count). The average Bonchev–Trinajstić information content (AvgIpc) is 2.26. The highest BCUT2D eigenvalue weighted by Gasteiger charge is 2.28. The van der Waals surface area contributed by atoms with Gasteiger partial charge in [0.05, 0.1) is 18.8 Å². The van der Waals surface area contributed by atoms with Crippen molar-refractivity contribution in [1.29, 1.82) is 0 Å². The summed E-state index contributed by atoms with van der Waals surface area (Å²) in [6, 6.07) is 0. The molecule has 3 nitrogen and oxygen atoms in total. The molecule has 1 N–H and O–H groups in total. The molecule has 0 aromatic carbocycles. The number of aliphatic hydroxyl groups is 1. The van der Waals surface area contributed by atoms with Gasteiger partial charge in [-0.15, -0.1) is 0 Å². The molecule has 0 aliphatic carbocycles. The third kappa shape index (κ3) is 3.23.